The molecule has 0 aliphatic rings. The molecule has 0 aliphatic carbocycles. The molecular formula is C24H19F3N6O2S. The predicted molar refractivity (Wildman–Crippen MR) is 127 cm³/mol. The minimum atomic E-state index is -4.85. The van der Waals surface area contributed by atoms with Crippen molar-refractivity contribution in [3.05, 3.63) is 82.7 Å². The van der Waals surface area contributed by atoms with Gasteiger partial charge in [0.25, 0.3) is 5.91 Å². The Labute approximate surface area is 204 Å². The second kappa shape index (κ2) is 9.09. The summed E-state index contributed by atoms with van der Waals surface area (Å²) in [4.78, 5) is 17.4. The third-order valence-electron chi connectivity index (χ3n) is 5.47. The Morgan fingerprint density at radius 3 is 2.47 bits per heavy atom. The molecule has 8 nitrogen and oxygen atoms in total. The van der Waals surface area contributed by atoms with Gasteiger partial charge < -0.3 is 5.32 Å². The normalized spacial score (nSPS) is 13.2. The summed E-state index contributed by atoms with van der Waals surface area (Å²) in [6, 6.07) is 15.8. The molecule has 1 unspecified atom stereocenters. The van der Waals surface area contributed by atoms with Crippen LogP contribution >= 0.6 is 0 Å². The van der Waals surface area contributed by atoms with E-state index in [0.717, 1.165) is 17.0 Å². The monoisotopic (exact) mass is 512 g/mol. The topological polar surface area (TPSA) is 125 Å². The van der Waals surface area contributed by atoms with Crippen LogP contribution in [0.25, 0.3) is 10.9 Å². The zero-order valence-corrected chi connectivity index (χ0v) is 19.9. The maximum absolute atomic E-state index is 13.9. The minimum absolute atomic E-state index is 0.0183. The Hall–Kier alpha value is -4.24. The zero-order valence-electron chi connectivity index (χ0n) is 19.1. The average Bonchev–Trinajstić information content (AvgIpc) is 3.13. The van der Waals surface area contributed by atoms with Gasteiger partial charge in [-0.25, -0.2) is 14.0 Å². The van der Waals surface area contributed by atoms with E-state index in [2.05, 4.69) is 15.4 Å². The quantitative estimate of drug-likeness (QED) is 0.391. The Morgan fingerprint density at radius 1 is 1.19 bits per heavy atom. The number of carbonyl (C=O) groups is 1. The van der Waals surface area contributed by atoms with Crippen molar-refractivity contribution >= 4 is 32.2 Å². The Kier molecular flexibility index (Phi) is 6.28. The van der Waals surface area contributed by atoms with Crippen LogP contribution in [0.4, 0.5) is 18.9 Å². The van der Waals surface area contributed by atoms with E-state index in [1.54, 1.807) is 48.5 Å². The van der Waals surface area contributed by atoms with E-state index in [4.69, 9.17) is 10.0 Å². The predicted octanol–water partition coefficient (Wildman–Crippen LogP) is 4.97. The molecule has 4 aromatic rings. The molecule has 2 aromatic heterocycles. The van der Waals surface area contributed by atoms with Gasteiger partial charge in [0, 0.05) is 11.6 Å². The second-order valence-corrected chi connectivity index (χ2v) is 10.2. The fourth-order valence-corrected chi connectivity index (χ4v) is 4.24. The number of hydrogen-bond donors (Lipinski definition) is 2. The first-order chi connectivity index (χ1) is 16.9. The van der Waals surface area contributed by atoms with Crippen molar-refractivity contribution in [2.24, 2.45) is 0 Å². The van der Waals surface area contributed by atoms with Crippen LogP contribution in [0.1, 0.15) is 32.9 Å². The van der Waals surface area contributed by atoms with Gasteiger partial charge in [0.2, 0.25) is 0 Å². The lowest BCUT2D eigenvalue weighted by Gasteiger charge is -2.12. The molecule has 0 saturated carbocycles. The molecule has 1 atom stereocenters. The number of hydrogen-bond acceptors (Lipinski definition) is 6. The highest BCUT2D eigenvalue weighted by Gasteiger charge is 2.39. The summed E-state index contributed by atoms with van der Waals surface area (Å²) in [5, 5.41) is 15.1. The van der Waals surface area contributed by atoms with Gasteiger partial charge in [-0.05, 0) is 36.8 Å². The summed E-state index contributed by atoms with van der Waals surface area (Å²) in [6.07, 6.45) is -3.71. The van der Waals surface area contributed by atoms with Crippen molar-refractivity contribution in [1.82, 2.24) is 14.8 Å². The van der Waals surface area contributed by atoms with E-state index in [0.29, 0.717) is 16.5 Å². The fraction of sp³-hybridized carbons (Fsp3) is 0.167. The van der Waals surface area contributed by atoms with Crippen molar-refractivity contribution in [2.75, 3.05) is 11.6 Å². The van der Waals surface area contributed by atoms with E-state index >= 15 is 0 Å². The molecule has 0 saturated heterocycles. The highest BCUT2D eigenvalue weighted by molar-refractivity contribution is 7.91. The van der Waals surface area contributed by atoms with Crippen LogP contribution in [0.5, 0.6) is 0 Å². The summed E-state index contributed by atoms with van der Waals surface area (Å²) in [5.41, 5.74) is -0.460. The molecule has 0 bridgehead atoms. The van der Waals surface area contributed by atoms with Crippen molar-refractivity contribution in [3.8, 4) is 6.07 Å². The Balaban J connectivity index is 1.77. The number of aromatic nitrogens is 3. The van der Waals surface area contributed by atoms with Crippen molar-refractivity contribution < 1.29 is 22.2 Å². The van der Waals surface area contributed by atoms with Gasteiger partial charge in [-0.2, -0.15) is 23.5 Å². The van der Waals surface area contributed by atoms with Crippen LogP contribution in [0, 0.1) is 23.0 Å². The number of alkyl halides is 3. The molecule has 0 aliphatic heterocycles. The molecule has 184 valence electrons. The number of fused-ring (bicyclic) bond motifs is 1. The molecule has 2 heterocycles. The van der Waals surface area contributed by atoms with E-state index in [1.807, 2.05) is 6.07 Å². The fourth-order valence-electron chi connectivity index (χ4n) is 3.63. The van der Waals surface area contributed by atoms with Crippen LogP contribution < -0.4 is 5.32 Å². The number of carbonyl (C=O) groups excluding carboxylic acids is 1. The second-order valence-electron chi connectivity index (χ2n) is 8.10. The number of nitrogens with zero attached hydrogens (tertiary/aromatic N) is 4. The number of benzene rings is 2. The number of rotatable bonds is 5. The molecule has 4 rings (SSSR count). The number of halogens is 3. The number of anilines is 1. The molecule has 0 fully saturated rings. The van der Waals surface area contributed by atoms with Gasteiger partial charge in [-0.3, -0.25) is 9.48 Å². The van der Waals surface area contributed by atoms with Gasteiger partial charge in [0.15, 0.2) is 5.69 Å². The maximum Gasteiger partial charge on any atom is 0.437 e. The summed E-state index contributed by atoms with van der Waals surface area (Å²) in [6.45, 7) is 1.38. The van der Waals surface area contributed by atoms with E-state index < -0.39 is 33.2 Å². The van der Waals surface area contributed by atoms with Crippen LogP contribution in [-0.4, -0.2) is 31.1 Å². The molecule has 2 aromatic carbocycles. The molecule has 0 radical (unpaired) electrons. The molecule has 0 spiro atoms. The molecule has 1 amide bonds. The molecular weight excluding hydrogens is 493 g/mol. The SMILES string of the molecule is Cc1c(NC(=O)c2cc(S(C)(=N)=O)nc3ccccc23)c(C(F)(F)F)nn1Cc1ccc(C#N)cc1. The Morgan fingerprint density at radius 2 is 1.86 bits per heavy atom. The molecule has 36 heavy (non-hydrogen) atoms. The lowest BCUT2D eigenvalue weighted by Crippen LogP contribution is -2.18. The van der Waals surface area contributed by atoms with Gasteiger partial charge in [-0.1, -0.05) is 30.3 Å². The third-order valence-corrected chi connectivity index (χ3v) is 6.47. The van der Waals surface area contributed by atoms with Crippen LogP contribution in [0.15, 0.2) is 59.6 Å². The van der Waals surface area contributed by atoms with Gasteiger partial charge >= 0.3 is 6.18 Å². The number of pyridine rings is 1. The van der Waals surface area contributed by atoms with Crippen molar-refractivity contribution in [1.29, 1.82) is 10.0 Å². The minimum Gasteiger partial charge on any atom is -0.319 e. The summed E-state index contributed by atoms with van der Waals surface area (Å²) in [5.74, 6) is -0.884. The van der Waals surface area contributed by atoms with Crippen molar-refractivity contribution in [2.45, 2.75) is 24.7 Å². The largest absolute Gasteiger partial charge is 0.437 e. The van der Waals surface area contributed by atoms with Crippen LogP contribution in [0.2, 0.25) is 0 Å². The first-order valence-corrected chi connectivity index (χ1v) is 12.4. The van der Waals surface area contributed by atoms with E-state index in [-0.39, 0.29) is 28.3 Å². The first-order valence-electron chi connectivity index (χ1n) is 10.5. The zero-order chi connectivity index (χ0) is 26.3. The summed E-state index contributed by atoms with van der Waals surface area (Å²) < 4.78 is 62.9. The van der Waals surface area contributed by atoms with Gasteiger partial charge in [0.05, 0.1) is 50.4 Å². The smallest absolute Gasteiger partial charge is 0.319 e. The van der Waals surface area contributed by atoms with Gasteiger partial charge in [0.1, 0.15) is 5.03 Å². The van der Waals surface area contributed by atoms with Crippen LogP contribution in [0.3, 0.4) is 0 Å². The number of amides is 1. The molecule has 12 heteroatoms. The highest BCUT2D eigenvalue weighted by Crippen LogP contribution is 2.36. The van der Waals surface area contributed by atoms with Crippen molar-refractivity contribution in [3.63, 3.8) is 0 Å². The average molecular weight is 513 g/mol. The molecule has 2 N–H and O–H groups in total. The highest BCUT2D eigenvalue weighted by atomic mass is 32.2. The lowest BCUT2D eigenvalue weighted by atomic mass is 10.1. The van der Waals surface area contributed by atoms with Gasteiger partial charge in [-0.15, -0.1) is 0 Å². The van der Waals surface area contributed by atoms with E-state index in [9.17, 15) is 22.2 Å². The van der Waals surface area contributed by atoms with E-state index in [1.165, 1.54) is 6.92 Å². The standard InChI is InChI=1S/C24H19F3N6O2S/c1-14-21(22(24(25,26)27)32-33(14)13-16-9-7-15(12-28)8-10-16)31-23(34)18-11-20(36(2,29)35)30-19-6-4-3-5-17(18)19/h3-11,29H,13H2,1-2H3,(H,31,34). The Bertz CT molecular complexity index is 1640. The lowest BCUT2D eigenvalue weighted by molar-refractivity contribution is -0.140. The third kappa shape index (κ3) is 4.92. The summed E-state index contributed by atoms with van der Waals surface area (Å²) >= 11 is 0. The maximum atomic E-state index is 13.9. The first kappa shape index (κ1) is 24.9. The number of nitrogens with one attached hydrogen (secondary N) is 2. The van der Waals surface area contributed by atoms with Crippen LogP contribution in [-0.2, 0) is 22.5 Å². The number of para-hydroxylation sites is 1. The number of nitriles is 1. The summed E-state index contributed by atoms with van der Waals surface area (Å²) in [7, 11) is -3.31.